The third kappa shape index (κ3) is 4.45. The Morgan fingerprint density at radius 3 is 1.45 bits per heavy atom. The summed E-state index contributed by atoms with van der Waals surface area (Å²) in [6.07, 6.45) is 0. The van der Waals surface area contributed by atoms with Crippen LogP contribution in [0.3, 0.4) is 0 Å². The van der Waals surface area contributed by atoms with Crippen LogP contribution in [0.1, 0.15) is 0 Å². The Hall–Kier alpha value is -7.82. The summed E-state index contributed by atoms with van der Waals surface area (Å²) in [4.78, 5) is 10.4. The number of rotatable bonds is 3. The fourth-order valence-electron chi connectivity index (χ4n) is 9.56. The second kappa shape index (κ2) is 11.8. The molecule has 0 saturated heterocycles. The zero-order valence-electron chi connectivity index (χ0n) is 31.3. The molecule has 0 aliphatic carbocycles. The van der Waals surface area contributed by atoms with Gasteiger partial charge in [0, 0.05) is 5.39 Å². The summed E-state index contributed by atoms with van der Waals surface area (Å²) in [5.74, 6) is 0.859. The molecule has 13 rings (SSSR count). The molecule has 0 N–H and O–H groups in total. The second-order valence-corrected chi connectivity index (χ2v) is 15.4. The topological polar surface area (TPSA) is 34.6 Å². The average molecular weight is 737 g/mol. The van der Waals surface area contributed by atoms with E-state index in [0.29, 0.717) is 0 Å². The summed E-state index contributed by atoms with van der Waals surface area (Å²) in [7, 11) is 0. The molecule has 58 heavy (non-hydrogen) atoms. The van der Waals surface area contributed by atoms with E-state index < -0.39 is 0 Å². The van der Waals surface area contributed by atoms with Crippen LogP contribution in [0.25, 0.3) is 121 Å². The van der Waals surface area contributed by atoms with Crippen LogP contribution in [0.5, 0.6) is 0 Å². The van der Waals surface area contributed by atoms with Gasteiger partial charge in [-0.2, -0.15) is 0 Å². The highest BCUT2D eigenvalue weighted by atomic mass is 15.2. The zero-order valence-corrected chi connectivity index (χ0v) is 31.3. The van der Waals surface area contributed by atoms with Crippen molar-refractivity contribution in [2.75, 3.05) is 0 Å². The number of imidazole rings is 2. The number of hydrogen-bond donors (Lipinski definition) is 0. The van der Waals surface area contributed by atoms with Gasteiger partial charge in [0.05, 0.1) is 27.6 Å². The standard InChI is InChI=1S/C54H32N4/c1-3-13-35-29-39(23-21-33(35)11-1)51-41-15-5-6-16-42(41)52(40-24-22-34-12-2-4-14-36(34)30-40)45-31-37(25-27-43(45)51)38-26-28-44-50(32-38)57-48-19-9-8-18-47(48)56-54(57)58-49-20-10-7-17-46(49)55-53(44)58/h1-32H. The van der Waals surface area contributed by atoms with E-state index in [1.54, 1.807) is 0 Å². The molecule has 268 valence electrons. The van der Waals surface area contributed by atoms with E-state index in [1.807, 2.05) is 0 Å². The quantitative estimate of drug-likeness (QED) is 0.169. The van der Waals surface area contributed by atoms with Gasteiger partial charge in [-0.15, -0.1) is 0 Å². The average Bonchev–Trinajstić information content (AvgIpc) is 3.87. The van der Waals surface area contributed by atoms with Gasteiger partial charge in [0.2, 0.25) is 5.78 Å². The Morgan fingerprint density at radius 1 is 0.293 bits per heavy atom. The van der Waals surface area contributed by atoms with E-state index >= 15 is 0 Å². The van der Waals surface area contributed by atoms with Gasteiger partial charge in [-0.3, -0.25) is 8.80 Å². The normalized spacial score (nSPS) is 12.1. The molecule has 0 bridgehead atoms. The molecule has 10 aromatic carbocycles. The SMILES string of the molecule is c1ccc2cc(-c3c4ccccc4c(-c4ccc5ccccc5c4)c4cc(-c5ccc6c(c5)n5c7ccccc7nc5n5c7ccccc7nc65)ccc34)ccc2c1. The largest absolute Gasteiger partial charge is 0.277 e. The smallest absolute Gasteiger partial charge is 0.221 e. The summed E-state index contributed by atoms with van der Waals surface area (Å²) >= 11 is 0. The van der Waals surface area contributed by atoms with Crippen LogP contribution in [0.2, 0.25) is 0 Å². The molecule has 0 fully saturated rings. The van der Waals surface area contributed by atoms with Crippen LogP contribution in [0.15, 0.2) is 194 Å². The second-order valence-electron chi connectivity index (χ2n) is 15.4. The van der Waals surface area contributed by atoms with E-state index in [1.165, 1.54) is 65.3 Å². The van der Waals surface area contributed by atoms with Gasteiger partial charge in [0.1, 0.15) is 5.65 Å². The van der Waals surface area contributed by atoms with Gasteiger partial charge >= 0.3 is 0 Å². The Balaban J connectivity index is 1.13. The predicted molar refractivity (Wildman–Crippen MR) is 243 cm³/mol. The van der Waals surface area contributed by atoms with Gasteiger partial charge in [-0.05, 0) is 131 Å². The van der Waals surface area contributed by atoms with E-state index in [-0.39, 0.29) is 0 Å². The fourth-order valence-corrected chi connectivity index (χ4v) is 9.56. The van der Waals surface area contributed by atoms with Crippen LogP contribution in [0.4, 0.5) is 0 Å². The molecule has 0 aliphatic heterocycles. The first-order valence-electron chi connectivity index (χ1n) is 19.8. The van der Waals surface area contributed by atoms with Crippen molar-refractivity contribution in [3.63, 3.8) is 0 Å². The van der Waals surface area contributed by atoms with E-state index in [0.717, 1.165) is 55.5 Å². The highest BCUT2D eigenvalue weighted by Gasteiger charge is 2.21. The molecular weight excluding hydrogens is 705 g/mol. The third-order valence-electron chi connectivity index (χ3n) is 12.2. The van der Waals surface area contributed by atoms with Crippen LogP contribution >= 0.6 is 0 Å². The van der Waals surface area contributed by atoms with Crippen molar-refractivity contribution in [1.82, 2.24) is 18.8 Å². The molecule has 0 unspecified atom stereocenters. The monoisotopic (exact) mass is 736 g/mol. The molecular formula is C54H32N4. The van der Waals surface area contributed by atoms with Crippen LogP contribution in [0, 0.1) is 0 Å². The van der Waals surface area contributed by atoms with Gasteiger partial charge in [-0.1, -0.05) is 140 Å². The molecule has 3 heterocycles. The van der Waals surface area contributed by atoms with Gasteiger partial charge < -0.3 is 0 Å². The number of benzene rings is 10. The highest BCUT2D eigenvalue weighted by molar-refractivity contribution is 6.22. The fraction of sp³-hybridized carbons (Fsp3) is 0. The lowest BCUT2D eigenvalue weighted by Gasteiger charge is -2.19. The summed E-state index contributed by atoms with van der Waals surface area (Å²) < 4.78 is 4.52. The number of fused-ring (bicyclic) bond motifs is 14. The minimum Gasteiger partial charge on any atom is -0.277 e. The number of nitrogens with zero attached hydrogens (tertiary/aromatic N) is 4. The van der Waals surface area contributed by atoms with Crippen molar-refractivity contribution in [3.05, 3.63) is 194 Å². The lowest BCUT2D eigenvalue weighted by atomic mass is 9.84. The summed E-state index contributed by atoms with van der Waals surface area (Å²) in [6.45, 7) is 0. The Morgan fingerprint density at radius 2 is 0.776 bits per heavy atom. The zero-order chi connectivity index (χ0) is 37.9. The van der Waals surface area contributed by atoms with Crippen LogP contribution in [-0.4, -0.2) is 18.8 Å². The van der Waals surface area contributed by atoms with Crippen molar-refractivity contribution >= 4 is 87.5 Å². The maximum absolute atomic E-state index is 5.20. The Kier molecular flexibility index (Phi) is 6.41. The Labute approximate surface area is 332 Å². The molecule has 0 radical (unpaired) electrons. The van der Waals surface area contributed by atoms with Crippen molar-refractivity contribution in [2.45, 2.75) is 0 Å². The van der Waals surface area contributed by atoms with Crippen LogP contribution in [-0.2, 0) is 0 Å². The maximum atomic E-state index is 5.20. The van der Waals surface area contributed by atoms with Gasteiger partial charge in [0.15, 0.2) is 0 Å². The minimum absolute atomic E-state index is 0.859. The summed E-state index contributed by atoms with van der Waals surface area (Å²) in [5, 5.41) is 11.0. The summed E-state index contributed by atoms with van der Waals surface area (Å²) in [5.41, 5.74) is 13.2. The number of aromatic nitrogens is 4. The molecule has 0 amide bonds. The highest BCUT2D eigenvalue weighted by Crippen LogP contribution is 2.46. The minimum atomic E-state index is 0.859. The molecule has 4 nitrogen and oxygen atoms in total. The molecule has 0 spiro atoms. The first kappa shape index (κ1) is 31.4. The van der Waals surface area contributed by atoms with E-state index in [2.05, 4.69) is 203 Å². The van der Waals surface area contributed by atoms with Gasteiger partial charge in [-0.25, -0.2) is 9.97 Å². The van der Waals surface area contributed by atoms with Crippen LogP contribution < -0.4 is 0 Å². The Bertz CT molecular complexity index is 3870. The van der Waals surface area contributed by atoms with Gasteiger partial charge in [0.25, 0.3) is 0 Å². The van der Waals surface area contributed by atoms with Crippen molar-refractivity contribution < 1.29 is 0 Å². The van der Waals surface area contributed by atoms with E-state index in [9.17, 15) is 0 Å². The van der Waals surface area contributed by atoms with Crippen molar-refractivity contribution in [2.24, 2.45) is 0 Å². The maximum Gasteiger partial charge on any atom is 0.221 e. The number of para-hydroxylation sites is 4. The predicted octanol–water partition coefficient (Wildman–Crippen LogP) is 14.1. The number of hydrogen-bond acceptors (Lipinski definition) is 2. The lowest BCUT2D eigenvalue weighted by molar-refractivity contribution is 1.14. The first-order chi connectivity index (χ1) is 28.7. The molecule has 3 aromatic heterocycles. The third-order valence-corrected chi connectivity index (χ3v) is 12.2. The molecule has 4 heteroatoms. The lowest BCUT2D eigenvalue weighted by Crippen LogP contribution is -1.98. The molecule has 0 saturated carbocycles. The van der Waals surface area contributed by atoms with E-state index in [4.69, 9.17) is 9.97 Å². The van der Waals surface area contributed by atoms with Crippen molar-refractivity contribution in [1.29, 1.82) is 0 Å². The molecule has 0 aliphatic rings. The summed E-state index contributed by atoms with van der Waals surface area (Å²) in [6, 6.07) is 70.7. The van der Waals surface area contributed by atoms with Crippen molar-refractivity contribution in [3.8, 4) is 33.4 Å². The first-order valence-corrected chi connectivity index (χ1v) is 19.8. The molecule has 13 aromatic rings. The molecule has 0 atom stereocenters.